The number of para-hydroxylation sites is 2. The molecule has 4 rings (SSSR count). The topological polar surface area (TPSA) is 63.2 Å². The van der Waals surface area contributed by atoms with Crippen molar-refractivity contribution in [2.45, 2.75) is 6.54 Å². The first kappa shape index (κ1) is 20.0. The first-order valence-electron chi connectivity index (χ1n) is 9.38. The van der Waals surface area contributed by atoms with Crippen LogP contribution in [0.2, 0.25) is 0 Å². The minimum atomic E-state index is -0.303. The van der Waals surface area contributed by atoms with Crippen molar-refractivity contribution in [3.05, 3.63) is 84.4 Å². The van der Waals surface area contributed by atoms with E-state index in [1.165, 1.54) is 4.70 Å². The van der Waals surface area contributed by atoms with E-state index in [4.69, 9.17) is 17.0 Å². The molecule has 0 unspecified atom stereocenters. The molecule has 0 saturated carbocycles. The molecule has 0 aliphatic rings. The zero-order chi connectivity index (χ0) is 20.8. The van der Waals surface area contributed by atoms with Crippen molar-refractivity contribution < 1.29 is 9.53 Å². The third kappa shape index (κ3) is 5.20. The van der Waals surface area contributed by atoms with Gasteiger partial charge in [-0.3, -0.25) is 4.79 Å². The molecule has 0 atom stereocenters. The molecular formula is C23H19N3O2S2. The molecule has 0 aliphatic heterocycles. The number of ether oxygens (including phenoxy) is 1. The lowest BCUT2D eigenvalue weighted by molar-refractivity contribution is -0.121. The van der Waals surface area contributed by atoms with Crippen LogP contribution in [-0.2, 0) is 11.3 Å². The Morgan fingerprint density at radius 2 is 1.70 bits per heavy atom. The Balaban J connectivity index is 1.26. The third-order valence-electron chi connectivity index (χ3n) is 4.31. The Bertz CT molecular complexity index is 1130. The summed E-state index contributed by atoms with van der Waals surface area (Å²) in [4.78, 5) is 16.6. The van der Waals surface area contributed by atoms with E-state index in [1.54, 1.807) is 23.5 Å². The molecule has 0 saturated heterocycles. The van der Waals surface area contributed by atoms with Crippen molar-refractivity contribution in [3.63, 3.8) is 0 Å². The molecule has 4 aromatic rings. The maximum Gasteiger partial charge on any atom is 0.264 e. The molecule has 0 radical (unpaired) electrons. The fraction of sp³-hybridized carbons (Fsp3) is 0.0870. The molecule has 0 fully saturated rings. The Kier molecular flexibility index (Phi) is 6.32. The van der Waals surface area contributed by atoms with Gasteiger partial charge < -0.3 is 15.4 Å². The van der Waals surface area contributed by atoms with Crippen LogP contribution < -0.4 is 15.4 Å². The standard InChI is InChI=1S/C23H19N3O2S2/c27-21(15-28-18-6-2-1-3-7-18)26-23(29)24-14-16-10-12-17(13-11-16)22-25-19-8-4-5-9-20(19)30-22/h1-13H,14-15H2,(H2,24,26,27,29). The van der Waals surface area contributed by atoms with Crippen LogP contribution in [0.1, 0.15) is 5.56 Å². The summed E-state index contributed by atoms with van der Waals surface area (Å²) < 4.78 is 6.58. The minimum Gasteiger partial charge on any atom is -0.484 e. The lowest BCUT2D eigenvalue weighted by Gasteiger charge is -2.10. The zero-order valence-electron chi connectivity index (χ0n) is 16.0. The number of carbonyl (C=O) groups excluding carboxylic acids is 1. The average Bonchev–Trinajstić information content (AvgIpc) is 3.22. The summed E-state index contributed by atoms with van der Waals surface area (Å²) in [5.74, 6) is 0.335. The van der Waals surface area contributed by atoms with Gasteiger partial charge in [0.1, 0.15) is 10.8 Å². The third-order valence-corrected chi connectivity index (χ3v) is 5.65. The van der Waals surface area contributed by atoms with Crippen molar-refractivity contribution in [2.75, 3.05) is 6.61 Å². The second-order valence-electron chi connectivity index (χ2n) is 6.52. The SMILES string of the molecule is O=C(COc1ccccc1)NC(=S)NCc1ccc(-c2nc3ccccc3s2)cc1. The van der Waals surface area contributed by atoms with Gasteiger partial charge in [-0.05, 0) is 42.0 Å². The molecule has 1 aromatic heterocycles. The van der Waals surface area contributed by atoms with Crippen LogP contribution in [-0.4, -0.2) is 22.6 Å². The molecule has 0 aliphatic carbocycles. The highest BCUT2D eigenvalue weighted by Gasteiger charge is 2.07. The van der Waals surface area contributed by atoms with Gasteiger partial charge in [0.2, 0.25) is 0 Å². The molecule has 3 aromatic carbocycles. The number of amides is 1. The lowest BCUT2D eigenvalue weighted by atomic mass is 10.1. The molecule has 150 valence electrons. The summed E-state index contributed by atoms with van der Waals surface area (Å²) >= 11 is 6.87. The Morgan fingerprint density at radius 3 is 2.47 bits per heavy atom. The number of benzene rings is 3. The van der Waals surface area contributed by atoms with Crippen LogP contribution in [0, 0.1) is 0 Å². The number of nitrogens with one attached hydrogen (secondary N) is 2. The van der Waals surface area contributed by atoms with Crippen LogP contribution in [0.4, 0.5) is 0 Å². The van der Waals surface area contributed by atoms with Crippen LogP contribution in [0.5, 0.6) is 5.75 Å². The van der Waals surface area contributed by atoms with Crippen LogP contribution in [0.25, 0.3) is 20.8 Å². The summed E-state index contributed by atoms with van der Waals surface area (Å²) in [6, 6.07) is 25.4. The monoisotopic (exact) mass is 433 g/mol. The maximum absolute atomic E-state index is 11.9. The predicted octanol–water partition coefficient (Wildman–Crippen LogP) is 4.53. The minimum absolute atomic E-state index is 0.0945. The van der Waals surface area contributed by atoms with Crippen molar-refractivity contribution in [1.29, 1.82) is 0 Å². The Labute approximate surface area is 183 Å². The molecule has 2 N–H and O–H groups in total. The quantitative estimate of drug-likeness (QED) is 0.438. The number of thiocarbonyl (C=S) groups is 1. The fourth-order valence-corrected chi connectivity index (χ4v) is 3.97. The zero-order valence-corrected chi connectivity index (χ0v) is 17.6. The van der Waals surface area contributed by atoms with E-state index in [0.717, 1.165) is 21.7 Å². The van der Waals surface area contributed by atoms with Crippen LogP contribution in [0.3, 0.4) is 0 Å². The van der Waals surface area contributed by atoms with E-state index in [1.807, 2.05) is 60.7 Å². The number of hydrogen-bond acceptors (Lipinski definition) is 5. The first-order chi connectivity index (χ1) is 14.7. The van der Waals surface area contributed by atoms with Gasteiger partial charge in [-0.15, -0.1) is 11.3 Å². The van der Waals surface area contributed by atoms with Gasteiger partial charge >= 0.3 is 0 Å². The van der Waals surface area contributed by atoms with E-state index in [0.29, 0.717) is 12.3 Å². The van der Waals surface area contributed by atoms with Gasteiger partial charge in [0, 0.05) is 12.1 Å². The van der Waals surface area contributed by atoms with Crippen LogP contribution >= 0.6 is 23.6 Å². The highest BCUT2D eigenvalue weighted by molar-refractivity contribution is 7.80. The van der Waals surface area contributed by atoms with Gasteiger partial charge in [0.25, 0.3) is 5.91 Å². The largest absolute Gasteiger partial charge is 0.484 e. The Hall–Kier alpha value is -3.29. The molecule has 0 bridgehead atoms. The van der Waals surface area contributed by atoms with Crippen molar-refractivity contribution >= 4 is 44.8 Å². The predicted molar refractivity (Wildman–Crippen MR) is 125 cm³/mol. The summed E-state index contributed by atoms with van der Waals surface area (Å²) in [6.07, 6.45) is 0. The number of aromatic nitrogens is 1. The molecule has 30 heavy (non-hydrogen) atoms. The van der Waals surface area contributed by atoms with Crippen molar-refractivity contribution in [1.82, 2.24) is 15.6 Å². The first-order valence-corrected chi connectivity index (χ1v) is 10.6. The highest BCUT2D eigenvalue weighted by atomic mass is 32.1. The summed E-state index contributed by atoms with van der Waals surface area (Å²) in [5, 5.41) is 6.93. The molecular weight excluding hydrogens is 414 g/mol. The maximum atomic E-state index is 11.9. The van der Waals surface area contributed by atoms with E-state index in [2.05, 4.69) is 21.7 Å². The number of carbonyl (C=O) groups is 1. The summed E-state index contributed by atoms with van der Waals surface area (Å²) in [6.45, 7) is 0.418. The Morgan fingerprint density at radius 1 is 0.967 bits per heavy atom. The summed E-state index contributed by atoms with van der Waals surface area (Å²) in [5.41, 5.74) is 3.14. The molecule has 1 heterocycles. The van der Waals surface area contributed by atoms with E-state index < -0.39 is 0 Å². The van der Waals surface area contributed by atoms with Crippen molar-refractivity contribution in [2.24, 2.45) is 0 Å². The molecule has 1 amide bonds. The fourth-order valence-electron chi connectivity index (χ4n) is 2.82. The second-order valence-corrected chi connectivity index (χ2v) is 7.96. The smallest absolute Gasteiger partial charge is 0.264 e. The van der Waals surface area contributed by atoms with Gasteiger partial charge in [-0.2, -0.15) is 0 Å². The van der Waals surface area contributed by atoms with E-state index >= 15 is 0 Å². The number of rotatable bonds is 6. The highest BCUT2D eigenvalue weighted by Crippen LogP contribution is 2.29. The van der Waals surface area contributed by atoms with Gasteiger partial charge in [0.05, 0.1) is 10.2 Å². The van der Waals surface area contributed by atoms with E-state index in [-0.39, 0.29) is 17.6 Å². The lowest BCUT2D eigenvalue weighted by Crippen LogP contribution is -2.41. The van der Waals surface area contributed by atoms with Gasteiger partial charge in [0.15, 0.2) is 11.7 Å². The van der Waals surface area contributed by atoms with E-state index in [9.17, 15) is 4.79 Å². The number of hydrogen-bond donors (Lipinski definition) is 2. The van der Waals surface area contributed by atoms with Crippen LogP contribution in [0.15, 0.2) is 78.9 Å². The average molecular weight is 434 g/mol. The summed E-state index contributed by atoms with van der Waals surface area (Å²) in [7, 11) is 0. The number of fused-ring (bicyclic) bond motifs is 1. The van der Waals surface area contributed by atoms with Crippen molar-refractivity contribution in [3.8, 4) is 16.3 Å². The molecule has 7 heteroatoms. The number of thiazole rings is 1. The molecule has 5 nitrogen and oxygen atoms in total. The second kappa shape index (κ2) is 9.47. The van der Waals surface area contributed by atoms with Gasteiger partial charge in [-0.25, -0.2) is 4.98 Å². The molecule has 0 spiro atoms. The number of nitrogens with zero attached hydrogens (tertiary/aromatic N) is 1. The normalized spacial score (nSPS) is 10.5. The van der Waals surface area contributed by atoms with Gasteiger partial charge in [-0.1, -0.05) is 54.6 Å².